The lowest BCUT2D eigenvalue weighted by Crippen LogP contribution is -1.95. The summed E-state index contributed by atoms with van der Waals surface area (Å²) in [6, 6.07) is 14.5. The van der Waals surface area contributed by atoms with Crippen molar-refractivity contribution in [2.75, 3.05) is 6.61 Å². The Labute approximate surface area is 85.1 Å². The van der Waals surface area contributed by atoms with Crippen molar-refractivity contribution >= 4 is 18.6 Å². The van der Waals surface area contributed by atoms with Crippen LogP contribution in [0.25, 0.3) is 10.8 Å². The quantitative estimate of drug-likeness (QED) is 0.664. The molecule has 0 saturated heterocycles. The Morgan fingerprint density at radius 3 is 2.57 bits per heavy atom. The monoisotopic (exact) mass is 184 g/mol. The molecule has 0 unspecified atom stereocenters. The highest BCUT2D eigenvalue weighted by Crippen LogP contribution is 2.20. The van der Waals surface area contributed by atoms with E-state index < -0.39 is 0 Å². The fourth-order valence-corrected chi connectivity index (χ4v) is 1.48. The molecule has 0 radical (unpaired) electrons. The van der Waals surface area contributed by atoms with Crippen LogP contribution in [0.4, 0.5) is 0 Å². The van der Waals surface area contributed by atoms with Crippen LogP contribution in [0.5, 0.6) is 5.75 Å². The largest absolute Gasteiger partial charge is 0.494 e. The van der Waals surface area contributed by atoms with Crippen molar-refractivity contribution in [2.24, 2.45) is 0 Å². The molecule has 0 aliphatic heterocycles. The second-order valence-corrected chi connectivity index (χ2v) is 3.36. The van der Waals surface area contributed by atoms with E-state index >= 15 is 0 Å². The number of ether oxygens (including phenoxy) is 1. The van der Waals surface area contributed by atoms with Crippen LogP contribution in [0.15, 0.2) is 42.5 Å². The molecule has 2 aromatic rings. The molecule has 0 saturated carbocycles. The van der Waals surface area contributed by atoms with E-state index in [0.29, 0.717) is 0 Å². The fraction of sp³-hybridized carbons (Fsp3) is 0.167. The molecule has 0 heterocycles. The summed E-state index contributed by atoms with van der Waals surface area (Å²) in [4.78, 5) is 0. The van der Waals surface area contributed by atoms with Gasteiger partial charge in [0, 0.05) is 0 Å². The SMILES string of the molecule is BCCOc1ccc2ccccc2c1. The molecule has 2 aromatic carbocycles. The first-order valence-electron chi connectivity index (χ1n) is 5.02. The van der Waals surface area contributed by atoms with Crippen LogP contribution in [0, 0.1) is 0 Å². The molecule has 0 atom stereocenters. The summed E-state index contributed by atoms with van der Waals surface area (Å²) in [7, 11) is 2.11. The smallest absolute Gasteiger partial charge is 0.119 e. The van der Waals surface area contributed by atoms with E-state index in [2.05, 4.69) is 38.2 Å². The zero-order valence-corrected chi connectivity index (χ0v) is 8.36. The molecule has 70 valence electrons. The minimum atomic E-state index is 0.790. The zero-order valence-electron chi connectivity index (χ0n) is 8.36. The van der Waals surface area contributed by atoms with Crippen LogP contribution < -0.4 is 4.74 Å². The van der Waals surface area contributed by atoms with E-state index in [4.69, 9.17) is 4.74 Å². The molecule has 2 heteroatoms. The number of hydrogen-bond acceptors (Lipinski definition) is 1. The topological polar surface area (TPSA) is 9.23 Å². The van der Waals surface area contributed by atoms with Crippen molar-refractivity contribution in [1.29, 1.82) is 0 Å². The molecule has 14 heavy (non-hydrogen) atoms. The number of hydrogen-bond donors (Lipinski definition) is 0. The van der Waals surface area contributed by atoms with Crippen LogP contribution >= 0.6 is 0 Å². The van der Waals surface area contributed by atoms with Crippen LogP contribution in [0.1, 0.15) is 0 Å². The van der Waals surface area contributed by atoms with Crippen molar-refractivity contribution < 1.29 is 4.74 Å². The van der Waals surface area contributed by atoms with Gasteiger partial charge in [0.15, 0.2) is 0 Å². The van der Waals surface area contributed by atoms with Gasteiger partial charge >= 0.3 is 0 Å². The third-order valence-corrected chi connectivity index (χ3v) is 2.19. The van der Waals surface area contributed by atoms with Crippen molar-refractivity contribution in [3.63, 3.8) is 0 Å². The maximum absolute atomic E-state index is 5.56. The van der Waals surface area contributed by atoms with E-state index in [0.717, 1.165) is 18.7 Å². The molecule has 0 aliphatic rings. The predicted molar refractivity (Wildman–Crippen MR) is 62.8 cm³/mol. The van der Waals surface area contributed by atoms with Gasteiger partial charge in [0.05, 0.1) is 6.61 Å². The van der Waals surface area contributed by atoms with Crippen molar-refractivity contribution in [3.8, 4) is 5.75 Å². The van der Waals surface area contributed by atoms with Crippen molar-refractivity contribution in [1.82, 2.24) is 0 Å². The first-order valence-corrected chi connectivity index (χ1v) is 5.02. The molecular formula is C12H13BO. The lowest BCUT2D eigenvalue weighted by molar-refractivity contribution is 0.341. The van der Waals surface area contributed by atoms with Gasteiger partial charge in [-0.2, -0.15) is 0 Å². The third kappa shape index (κ3) is 1.90. The minimum absolute atomic E-state index is 0.790. The lowest BCUT2D eigenvalue weighted by atomic mass is 10.1. The molecule has 2 rings (SSSR count). The highest BCUT2D eigenvalue weighted by Gasteiger charge is 1.95. The van der Waals surface area contributed by atoms with Crippen LogP contribution in [-0.4, -0.2) is 14.5 Å². The van der Waals surface area contributed by atoms with Gasteiger partial charge in [-0.1, -0.05) is 30.3 Å². The van der Waals surface area contributed by atoms with Gasteiger partial charge in [-0.05, 0) is 29.2 Å². The van der Waals surface area contributed by atoms with Crippen LogP contribution in [0.2, 0.25) is 6.32 Å². The highest BCUT2D eigenvalue weighted by molar-refractivity contribution is 6.08. The Morgan fingerprint density at radius 1 is 1.00 bits per heavy atom. The first kappa shape index (κ1) is 9.13. The highest BCUT2D eigenvalue weighted by atomic mass is 16.5. The first-order chi connectivity index (χ1) is 6.90. The van der Waals surface area contributed by atoms with Crippen molar-refractivity contribution in [3.05, 3.63) is 42.5 Å². The Bertz CT molecular complexity index is 425. The van der Waals surface area contributed by atoms with Gasteiger partial charge in [-0.25, -0.2) is 0 Å². The fourth-order valence-electron chi connectivity index (χ4n) is 1.48. The maximum atomic E-state index is 5.56. The van der Waals surface area contributed by atoms with Gasteiger partial charge < -0.3 is 4.74 Å². The van der Waals surface area contributed by atoms with E-state index in [1.165, 1.54) is 10.8 Å². The molecule has 0 fully saturated rings. The van der Waals surface area contributed by atoms with Crippen molar-refractivity contribution in [2.45, 2.75) is 6.32 Å². The Kier molecular flexibility index (Phi) is 2.73. The van der Waals surface area contributed by atoms with Crippen LogP contribution in [0.3, 0.4) is 0 Å². The molecule has 0 spiro atoms. The number of rotatable bonds is 3. The zero-order chi connectivity index (χ0) is 9.80. The van der Waals surface area contributed by atoms with Gasteiger partial charge in [0.25, 0.3) is 0 Å². The molecule has 0 bridgehead atoms. The summed E-state index contributed by atoms with van der Waals surface area (Å²) in [5.41, 5.74) is 0. The average Bonchev–Trinajstić information content (AvgIpc) is 2.26. The molecule has 1 nitrogen and oxygen atoms in total. The number of fused-ring (bicyclic) bond motifs is 1. The summed E-state index contributed by atoms with van der Waals surface area (Å²) >= 11 is 0. The molecular weight excluding hydrogens is 171 g/mol. The van der Waals surface area contributed by atoms with Crippen LogP contribution in [-0.2, 0) is 0 Å². The van der Waals surface area contributed by atoms with Gasteiger partial charge in [0.1, 0.15) is 13.6 Å². The lowest BCUT2D eigenvalue weighted by Gasteiger charge is -2.05. The third-order valence-electron chi connectivity index (χ3n) is 2.19. The van der Waals surface area contributed by atoms with Gasteiger partial charge in [0.2, 0.25) is 0 Å². The van der Waals surface area contributed by atoms with E-state index in [9.17, 15) is 0 Å². The van der Waals surface area contributed by atoms with Gasteiger partial charge in [-0.3, -0.25) is 0 Å². The second kappa shape index (κ2) is 4.18. The maximum Gasteiger partial charge on any atom is 0.119 e. The summed E-state index contributed by atoms with van der Waals surface area (Å²) in [6.07, 6.45) is 1.05. The molecule has 0 aliphatic carbocycles. The predicted octanol–water partition coefficient (Wildman–Crippen LogP) is 2.27. The normalized spacial score (nSPS) is 10.3. The summed E-state index contributed by atoms with van der Waals surface area (Å²) in [5.74, 6) is 0.963. The Morgan fingerprint density at radius 2 is 1.79 bits per heavy atom. The van der Waals surface area contributed by atoms with E-state index in [-0.39, 0.29) is 0 Å². The average molecular weight is 184 g/mol. The second-order valence-electron chi connectivity index (χ2n) is 3.36. The summed E-state index contributed by atoms with van der Waals surface area (Å²) < 4.78 is 5.56. The summed E-state index contributed by atoms with van der Waals surface area (Å²) in [6.45, 7) is 0.790. The van der Waals surface area contributed by atoms with E-state index in [1.54, 1.807) is 0 Å². The number of benzene rings is 2. The molecule has 0 amide bonds. The van der Waals surface area contributed by atoms with Gasteiger partial charge in [-0.15, -0.1) is 0 Å². The summed E-state index contributed by atoms with van der Waals surface area (Å²) in [5, 5.41) is 2.50. The minimum Gasteiger partial charge on any atom is -0.494 e. The standard InChI is InChI=1S/C12H13BO/c13-7-8-14-12-6-5-10-3-1-2-4-11(10)9-12/h1-6,9H,7-8,13H2. The Balaban J connectivity index is 2.32. The Hall–Kier alpha value is -1.44. The molecule has 0 N–H and O–H groups in total. The molecule has 0 aromatic heterocycles. The van der Waals surface area contributed by atoms with E-state index in [1.807, 2.05) is 12.1 Å².